The summed E-state index contributed by atoms with van der Waals surface area (Å²) < 4.78 is 6.39. The minimum atomic E-state index is -0.791. The Labute approximate surface area is 231 Å². The van der Waals surface area contributed by atoms with Gasteiger partial charge in [0, 0.05) is 37.3 Å². The maximum atomic E-state index is 13.5. The highest BCUT2D eigenvalue weighted by atomic mass is 16.5. The van der Waals surface area contributed by atoms with Gasteiger partial charge >= 0.3 is 0 Å². The second kappa shape index (κ2) is 12.9. The third kappa shape index (κ3) is 7.24. The molecule has 2 N–H and O–H groups in total. The number of carbonyl (C=O) groups excluding carboxylic acids is 1. The molecule has 3 aromatic rings. The number of benzene rings is 2. The van der Waals surface area contributed by atoms with Crippen LogP contribution in [0.25, 0.3) is 11.1 Å². The summed E-state index contributed by atoms with van der Waals surface area (Å²) in [6.07, 6.45) is 0.531. The third-order valence-corrected chi connectivity index (χ3v) is 6.95. The Morgan fingerprint density at radius 1 is 1.13 bits per heavy atom. The van der Waals surface area contributed by atoms with Crippen LogP contribution in [0.5, 0.6) is 5.88 Å². The van der Waals surface area contributed by atoms with Gasteiger partial charge in [0.1, 0.15) is 17.8 Å². The van der Waals surface area contributed by atoms with Crippen LogP contribution in [0.4, 0.5) is 0 Å². The van der Waals surface area contributed by atoms with Crippen LogP contribution in [0.2, 0.25) is 0 Å². The largest absolute Gasteiger partial charge is 0.472 e. The molecule has 0 aliphatic carbocycles. The van der Waals surface area contributed by atoms with Crippen LogP contribution < -0.4 is 4.74 Å². The summed E-state index contributed by atoms with van der Waals surface area (Å²) in [6.45, 7) is 7.13. The summed E-state index contributed by atoms with van der Waals surface area (Å²) in [5.74, 6) is 5.55. The van der Waals surface area contributed by atoms with E-state index in [0.717, 1.165) is 6.54 Å². The molecule has 7 heteroatoms. The molecule has 39 heavy (non-hydrogen) atoms. The monoisotopic (exact) mass is 527 g/mol. The lowest BCUT2D eigenvalue weighted by atomic mass is 9.99. The van der Waals surface area contributed by atoms with Gasteiger partial charge in [-0.15, -0.1) is 0 Å². The highest BCUT2D eigenvalue weighted by Gasteiger charge is 2.34. The van der Waals surface area contributed by atoms with Crippen LogP contribution in [0.15, 0.2) is 66.9 Å². The molecule has 0 saturated carbocycles. The number of rotatable bonds is 7. The molecule has 1 aromatic heterocycles. The number of hydrogen-bond donors (Lipinski definition) is 2. The van der Waals surface area contributed by atoms with Gasteiger partial charge in [0.15, 0.2) is 0 Å². The Balaban J connectivity index is 1.54. The molecule has 204 valence electrons. The lowest BCUT2D eigenvalue weighted by molar-refractivity contribution is 0.0325. The van der Waals surface area contributed by atoms with Gasteiger partial charge in [0.2, 0.25) is 5.88 Å². The average molecular weight is 528 g/mol. The molecule has 0 unspecified atom stereocenters. The summed E-state index contributed by atoms with van der Waals surface area (Å²) >= 11 is 0. The van der Waals surface area contributed by atoms with Gasteiger partial charge in [-0.3, -0.25) is 9.69 Å². The van der Waals surface area contributed by atoms with Crippen molar-refractivity contribution in [2.75, 3.05) is 26.7 Å². The number of amides is 1. The predicted molar refractivity (Wildman–Crippen MR) is 152 cm³/mol. The fourth-order valence-electron chi connectivity index (χ4n) is 4.69. The van der Waals surface area contributed by atoms with E-state index in [4.69, 9.17) is 4.74 Å². The maximum Gasteiger partial charge on any atom is 0.259 e. The summed E-state index contributed by atoms with van der Waals surface area (Å²) in [7, 11) is 2.06. The normalized spacial score (nSPS) is 18.7. The number of likely N-dealkylation sites (N-methyl/N-ethyl adjacent to an activating group) is 1. The van der Waals surface area contributed by atoms with Crippen LogP contribution in [0.3, 0.4) is 0 Å². The second-order valence-corrected chi connectivity index (χ2v) is 10.4. The maximum absolute atomic E-state index is 13.5. The van der Waals surface area contributed by atoms with Gasteiger partial charge < -0.3 is 19.8 Å². The minimum Gasteiger partial charge on any atom is -0.472 e. The number of pyridine rings is 1. The van der Waals surface area contributed by atoms with E-state index in [-0.39, 0.29) is 36.5 Å². The number of carbonyl (C=O) groups is 1. The highest BCUT2D eigenvalue weighted by Crippen LogP contribution is 2.28. The van der Waals surface area contributed by atoms with Crippen molar-refractivity contribution >= 4 is 5.91 Å². The standard InChI is InChI=1S/C32H37N3O4/c1-22-18-35(23(2)21-36)32(38)29-16-26(11-10-24(3)37)17-33-31(29)39-30(22)20-34(4)19-25-12-14-28(15-13-25)27-8-6-5-7-9-27/h5-9,12-17,22-24,30,36-37H,18-21H2,1-4H3/t22-,23+,24-,30-/m1/s1. The number of aromatic nitrogens is 1. The van der Waals surface area contributed by atoms with Gasteiger partial charge in [-0.1, -0.05) is 73.4 Å². The van der Waals surface area contributed by atoms with Crippen molar-refractivity contribution in [3.63, 3.8) is 0 Å². The highest BCUT2D eigenvalue weighted by molar-refractivity contribution is 5.97. The molecule has 0 spiro atoms. The van der Waals surface area contributed by atoms with Crippen molar-refractivity contribution in [2.45, 2.75) is 45.6 Å². The fraction of sp³-hybridized carbons (Fsp3) is 0.375. The number of aliphatic hydroxyl groups excluding tert-OH is 2. The van der Waals surface area contributed by atoms with Crippen molar-refractivity contribution < 1.29 is 19.7 Å². The average Bonchev–Trinajstić information content (AvgIpc) is 2.94. The summed E-state index contributed by atoms with van der Waals surface area (Å²) in [5, 5.41) is 19.4. The van der Waals surface area contributed by atoms with E-state index in [9.17, 15) is 15.0 Å². The molecule has 4 rings (SSSR count). The van der Waals surface area contributed by atoms with E-state index in [2.05, 4.69) is 72.1 Å². The molecule has 7 nitrogen and oxygen atoms in total. The Bertz CT molecular complexity index is 1310. The first-order valence-corrected chi connectivity index (χ1v) is 13.4. The quantitative estimate of drug-likeness (QED) is 0.454. The first-order chi connectivity index (χ1) is 18.7. The van der Waals surface area contributed by atoms with Crippen LogP contribution in [0.1, 0.15) is 42.3 Å². The lowest BCUT2D eigenvalue weighted by Gasteiger charge is -2.37. The Morgan fingerprint density at radius 2 is 1.82 bits per heavy atom. The molecular weight excluding hydrogens is 490 g/mol. The summed E-state index contributed by atoms with van der Waals surface area (Å²) in [5.41, 5.74) is 4.40. The molecule has 2 aromatic carbocycles. The molecule has 0 bridgehead atoms. The van der Waals surface area contributed by atoms with Gasteiger partial charge in [0.25, 0.3) is 5.91 Å². The third-order valence-electron chi connectivity index (χ3n) is 6.95. The van der Waals surface area contributed by atoms with E-state index in [1.54, 1.807) is 24.1 Å². The van der Waals surface area contributed by atoms with Crippen molar-refractivity contribution in [3.8, 4) is 28.8 Å². The van der Waals surface area contributed by atoms with E-state index < -0.39 is 6.10 Å². The molecule has 4 atom stereocenters. The first kappa shape index (κ1) is 28.3. The van der Waals surface area contributed by atoms with E-state index in [1.807, 2.05) is 25.1 Å². The van der Waals surface area contributed by atoms with E-state index in [0.29, 0.717) is 24.2 Å². The van der Waals surface area contributed by atoms with Crippen LogP contribution in [-0.2, 0) is 6.54 Å². The summed E-state index contributed by atoms with van der Waals surface area (Å²) in [4.78, 5) is 21.9. The molecule has 1 aliphatic heterocycles. The van der Waals surface area contributed by atoms with E-state index >= 15 is 0 Å². The number of fused-ring (bicyclic) bond motifs is 1. The number of nitrogens with zero attached hydrogens (tertiary/aromatic N) is 3. The van der Waals surface area contributed by atoms with Crippen molar-refractivity contribution in [1.29, 1.82) is 0 Å². The zero-order chi connectivity index (χ0) is 27.9. The number of ether oxygens (including phenoxy) is 1. The van der Waals surface area contributed by atoms with Crippen LogP contribution in [-0.4, -0.2) is 75.9 Å². The first-order valence-electron chi connectivity index (χ1n) is 13.4. The lowest BCUT2D eigenvalue weighted by Crippen LogP contribution is -2.49. The topological polar surface area (TPSA) is 86.1 Å². The van der Waals surface area contributed by atoms with Gasteiger partial charge in [-0.2, -0.15) is 0 Å². The van der Waals surface area contributed by atoms with Gasteiger partial charge in [0.05, 0.1) is 12.6 Å². The Hall–Kier alpha value is -3.70. The summed E-state index contributed by atoms with van der Waals surface area (Å²) in [6, 6.07) is 20.2. The zero-order valence-electron chi connectivity index (χ0n) is 23.0. The van der Waals surface area contributed by atoms with Gasteiger partial charge in [-0.05, 0) is 43.7 Å². The van der Waals surface area contributed by atoms with Crippen molar-refractivity contribution in [1.82, 2.24) is 14.8 Å². The molecular formula is C32H37N3O4. The number of hydrogen-bond acceptors (Lipinski definition) is 6. The molecule has 0 fully saturated rings. The van der Waals surface area contributed by atoms with Crippen molar-refractivity contribution in [2.24, 2.45) is 5.92 Å². The van der Waals surface area contributed by atoms with Crippen molar-refractivity contribution in [3.05, 3.63) is 83.6 Å². The second-order valence-electron chi connectivity index (χ2n) is 10.4. The predicted octanol–water partition coefficient (Wildman–Crippen LogP) is 3.83. The molecule has 0 radical (unpaired) electrons. The number of aliphatic hydroxyl groups is 2. The van der Waals surface area contributed by atoms with Crippen LogP contribution >= 0.6 is 0 Å². The molecule has 0 saturated heterocycles. The smallest absolute Gasteiger partial charge is 0.259 e. The SMILES string of the molecule is C[C@@H]1CN([C@@H](C)CO)C(=O)c2cc(C#C[C@@H](C)O)cnc2O[C@@H]1CN(C)Cc1ccc(-c2ccccc2)cc1. The molecule has 2 heterocycles. The fourth-order valence-corrected chi connectivity index (χ4v) is 4.69. The molecule has 1 amide bonds. The zero-order valence-corrected chi connectivity index (χ0v) is 23.0. The Morgan fingerprint density at radius 3 is 2.49 bits per heavy atom. The van der Waals surface area contributed by atoms with Crippen LogP contribution in [0, 0.1) is 17.8 Å². The minimum absolute atomic E-state index is 0.00415. The Kier molecular flexibility index (Phi) is 9.36. The molecule has 1 aliphatic rings. The van der Waals surface area contributed by atoms with E-state index in [1.165, 1.54) is 16.7 Å². The van der Waals surface area contributed by atoms with Gasteiger partial charge in [-0.25, -0.2) is 4.98 Å².